The van der Waals surface area contributed by atoms with Crippen molar-refractivity contribution < 1.29 is 9.53 Å². The van der Waals surface area contributed by atoms with Gasteiger partial charge in [-0.25, -0.2) is 0 Å². The van der Waals surface area contributed by atoms with Gasteiger partial charge in [0.25, 0.3) is 6.47 Å². The van der Waals surface area contributed by atoms with Crippen LogP contribution in [-0.2, 0) is 4.79 Å². The van der Waals surface area contributed by atoms with Crippen LogP contribution >= 0.6 is 12.6 Å². The number of ether oxygens (including phenoxy) is 1. The van der Waals surface area contributed by atoms with Gasteiger partial charge in [0.1, 0.15) is 5.75 Å². The van der Waals surface area contributed by atoms with E-state index >= 15 is 0 Å². The fourth-order valence-electron chi connectivity index (χ4n) is 1.84. The summed E-state index contributed by atoms with van der Waals surface area (Å²) in [6, 6.07) is 21.5. The number of rotatable bonds is 2. The van der Waals surface area contributed by atoms with Gasteiger partial charge < -0.3 is 4.74 Å². The van der Waals surface area contributed by atoms with Crippen LogP contribution in [0.5, 0.6) is 5.75 Å². The lowest BCUT2D eigenvalue weighted by Crippen LogP contribution is -1.87. The van der Waals surface area contributed by atoms with Gasteiger partial charge in [-0.3, -0.25) is 4.79 Å². The quantitative estimate of drug-likeness (QED) is 0.550. The molecule has 0 unspecified atom stereocenters. The van der Waals surface area contributed by atoms with E-state index in [0.29, 0.717) is 12.2 Å². The maximum atomic E-state index is 10.1. The van der Waals surface area contributed by atoms with E-state index in [1.807, 2.05) is 60.7 Å². The first kappa shape index (κ1) is 15.1. The van der Waals surface area contributed by atoms with Crippen LogP contribution in [0.4, 0.5) is 0 Å². The van der Waals surface area contributed by atoms with Gasteiger partial charge in [0.05, 0.1) is 0 Å². The van der Waals surface area contributed by atoms with Gasteiger partial charge >= 0.3 is 0 Å². The lowest BCUT2D eigenvalue weighted by atomic mass is 10.1. The summed E-state index contributed by atoms with van der Waals surface area (Å²) < 4.78 is 4.73. The van der Waals surface area contributed by atoms with Crippen molar-refractivity contribution in [3.05, 3.63) is 72.3 Å². The zero-order chi connectivity index (χ0) is 15.1. The third-order valence-corrected chi connectivity index (χ3v) is 3.24. The molecule has 0 N–H and O–H groups in total. The highest BCUT2D eigenvalue weighted by Crippen LogP contribution is 2.19. The molecule has 0 amide bonds. The number of benzene rings is 3. The van der Waals surface area contributed by atoms with Crippen molar-refractivity contribution in [2.24, 2.45) is 0 Å². The second-order valence-corrected chi connectivity index (χ2v) is 5.07. The smallest absolute Gasteiger partial charge is 0.298 e. The predicted octanol–water partition coefficient (Wildman–Crippen LogP) is 4.66. The van der Waals surface area contributed by atoms with Crippen molar-refractivity contribution in [2.75, 3.05) is 0 Å². The number of aryl methyl sites for hydroxylation is 1. The molecule has 0 bridgehead atoms. The van der Waals surface area contributed by atoms with E-state index in [1.54, 1.807) is 6.07 Å². The van der Waals surface area contributed by atoms with Gasteiger partial charge in [0.2, 0.25) is 0 Å². The Bertz CT molecular complexity index is 700. The number of carbonyl (C=O) groups excluding carboxylic acids is 1. The Morgan fingerprint density at radius 1 is 0.905 bits per heavy atom. The molecule has 3 heteroatoms. The number of carbonyl (C=O) groups is 1. The highest BCUT2D eigenvalue weighted by Gasteiger charge is 1.94. The SMILES string of the molecule is Cc1ccc(S)cc1.O=COc1ccc2ccccc2c1. The normalized spacial score (nSPS) is 9.62. The van der Waals surface area contributed by atoms with Gasteiger partial charge in [-0.2, -0.15) is 0 Å². The minimum Gasteiger partial charge on any atom is -0.429 e. The van der Waals surface area contributed by atoms with E-state index in [1.165, 1.54) is 5.56 Å². The molecule has 0 heterocycles. The molecule has 0 aliphatic rings. The van der Waals surface area contributed by atoms with Crippen molar-refractivity contribution >= 4 is 29.9 Å². The van der Waals surface area contributed by atoms with Crippen molar-refractivity contribution in [3.63, 3.8) is 0 Å². The molecule has 106 valence electrons. The molecule has 3 aromatic rings. The maximum absolute atomic E-state index is 10.1. The molecule has 0 atom stereocenters. The molecule has 3 rings (SSSR count). The standard InChI is InChI=1S/C11H8O2.C7H8S/c12-8-13-11-6-5-9-3-1-2-4-10(9)7-11;1-6-2-4-7(8)5-3-6/h1-8H;2-5,8H,1H3. The summed E-state index contributed by atoms with van der Waals surface area (Å²) in [6.07, 6.45) is 0. The first-order chi connectivity index (χ1) is 10.2. The van der Waals surface area contributed by atoms with Crippen LogP contribution in [0, 0.1) is 6.92 Å². The second-order valence-electron chi connectivity index (χ2n) is 4.56. The Morgan fingerprint density at radius 2 is 1.57 bits per heavy atom. The number of hydrogen-bond acceptors (Lipinski definition) is 3. The molecule has 0 aliphatic heterocycles. The topological polar surface area (TPSA) is 26.3 Å². The summed E-state index contributed by atoms with van der Waals surface area (Å²) in [5.41, 5.74) is 1.28. The summed E-state index contributed by atoms with van der Waals surface area (Å²) >= 11 is 4.13. The van der Waals surface area contributed by atoms with Crippen LogP contribution in [0.25, 0.3) is 10.8 Å². The third kappa shape index (κ3) is 4.65. The van der Waals surface area contributed by atoms with E-state index in [4.69, 9.17) is 4.74 Å². The summed E-state index contributed by atoms with van der Waals surface area (Å²) in [6.45, 7) is 2.50. The van der Waals surface area contributed by atoms with Crippen molar-refractivity contribution in [1.82, 2.24) is 0 Å². The Balaban J connectivity index is 0.000000173. The van der Waals surface area contributed by atoms with Gasteiger partial charge in [-0.15, -0.1) is 12.6 Å². The van der Waals surface area contributed by atoms with E-state index in [0.717, 1.165) is 15.7 Å². The molecule has 21 heavy (non-hydrogen) atoms. The molecule has 2 nitrogen and oxygen atoms in total. The van der Waals surface area contributed by atoms with Crippen molar-refractivity contribution in [1.29, 1.82) is 0 Å². The molecule has 0 radical (unpaired) electrons. The highest BCUT2D eigenvalue weighted by atomic mass is 32.1. The van der Waals surface area contributed by atoms with E-state index in [-0.39, 0.29) is 0 Å². The largest absolute Gasteiger partial charge is 0.429 e. The molecule has 0 fully saturated rings. The first-order valence-electron chi connectivity index (χ1n) is 6.54. The molecule has 3 aromatic carbocycles. The average Bonchev–Trinajstić information content (AvgIpc) is 2.51. The van der Waals surface area contributed by atoms with Crippen molar-refractivity contribution in [3.8, 4) is 5.75 Å². The number of hydrogen-bond donors (Lipinski definition) is 1. The van der Waals surface area contributed by atoms with Gasteiger partial charge in [0.15, 0.2) is 0 Å². The highest BCUT2D eigenvalue weighted by molar-refractivity contribution is 7.80. The Labute approximate surface area is 129 Å². The van der Waals surface area contributed by atoms with E-state index in [9.17, 15) is 4.79 Å². The number of thiol groups is 1. The van der Waals surface area contributed by atoms with Crippen LogP contribution in [-0.4, -0.2) is 6.47 Å². The summed E-state index contributed by atoms with van der Waals surface area (Å²) in [4.78, 5) is 11.1. The molecule has 0 saturated carbocycles. The third-order valence-electron chi connectivity index (χ3n) is 2.94. The average molecular weight is 296 g/mol. The van der Waals surface area contributed by atoms with E-state index in [2.05, 4.69) is 19.6 Å². The predicted molar refractivity (Wildman–Crippen MR) is 89.1 cm³/mol. The Kier molecular flexibility index (Phi) is 5.41. The molecule has 0 spiro atoms. The van der Waals surface area contributed by atoms with Gasteiger partial charge in [-0.05, 0) is 42.0 Å². The van der Waals surface area contributed by atoms with Crippen molar-refractivity contribution in [2.45, 2.75) is 11.8 Å². The minimum atomic E-state index is 0.435. The monoisotopic (exact) mass is 296 g/mol. The maximum Gasteiger partial charge on any atom is 0.298 e. The molecule has 0 aromatic heterocycles. The van der Waals surface area contributed by atoms with Crippen LogP contribution in [0.3, 0.4) is 0 Å². The Morgan fingerprint density at radius 3 is 2.19 bits per heavy atom. The summed E-state index contributed by atoms with van der Waals surface area (Å²) in [5, 5.41) is 2.21. The summed E-state index contributed by atoms with van der Waals surface area (Å²) in [7, 11) is 0. The van der Waals surface area contributed by atoms with Crippen LogP contribution in [0.2, 0.25) is 0 Å². The minimum absolute atomic E-state index is 0.435. The van der Waals surface area contributed by atoms with Crippen LogP contribution < -0.4 is 4.74 Å². The van der Waals surface area contributed by atoms with Crippen LogP contribution in [0.15, 0.2) is 71.6 Å². The zero-order valence-corrected chi connectivity index (χ0v) is 12.6. The van der Waals surface area contributed by atoms with Gasteiger partial charge in [0, 0.05) is 4.90 Å². The van der Waals surface area contributed by atoms with Crippen LogP contribution in [0.1, 0.15) is 5.56 Å². The van der Waals surface area contributed by atoms with E-state index < -0.39 is 0 Å². The van der Waals surface area contributed by atoms with Gasteiger partial charge in [-0.1, -0.05) is 48.0 Å². The molecule has 0 aliphatic carbocycles. The fraction of sp³-hybridized carbons (Fsp3) is 0.0556. The lowest BCUT2D eigenvalue weighted by Gasteiger charge is -1.99. The second kappa shape index (κ2) is 7.50. The fourth-order valence-corrected chi connectivity index (χ4v) is 1.99. The summed E-state index contributed by atoms with van der Waals surface area (Å²) in [5.74, 6) is 0.578. The molecular formula is C18H16O2S. The number of fused-ring (bicyclic) bond motifs is 1. The zero-order valence-electron chi connectivity index (χ0n) is 11.7. The molecular weight excluding hydrogens is 280 g/mol. The lowest BCUT2D eigenvalue weighted by molar-refractivity contribution is -0.120. The molecule has 0 saturated heterocycles. The first-order valence-corrected chi connectivity index (χ1v) is 6.98. The Hall–Kier alpha value is -2.26.